The first-order valence-corrected chi connectivity index (χ1v) is 6.84. The standard InChI is InChI=1S/C14H15ClFNO4/c1-14(13(19)20)5-2-6-17(14)12(18)8-21-9-3-4-11(16)10(15)7-9/h3-4,7H,2,5-6,8H2,1H3,(H,19,20). The highest BCUT2D eigenvalue weighted by atomic mass is 35.5. The fourth-order valence-electron chi connectivity index (χ4n) is 2.38. The number of ether oxygens (including phenoxy) is 1. The number of rotatable bonds is 4. The normalized spacial score (nSPS) is 21.4. The highest BCUT2D eigenvalue weighted by Crippen LogP contribution is 2.29. The predicted molar refractivity (Wildman–Crippen MR) is 73.9 cm³/mol. The number of halogens is 2. The number of carboxylic acids is 1. The van der Waals surface area contributed by atoms with Crippen molar-refractivity contribution in [3.63, 3.8) is 0 Å². The van der Waals surface area contributed by atoms with Gasteiger partial charge in [0.2, 0.25) is 0 Å². The smallest absolute Gasteiger partial charge is 0.329 e. The number of amides is 1. The van der Waals surface area contributed by atoms with E-state index in [2.05, 4.69) is 0 Å². The summed E-state index contributed by atoms with van der Waals surface area (Å²) in [6, 6.07) is 3.76. The molecule has 5 nitrogen and oxygen atoms in total. The first kappa shape index (κ1) is 15.6. The first-order valence-electron chi connectivity index (χ1n) is 6.46. The van der Waals surface area contributed by atoms with Gasteiger partial charge in [0.25, 0.3) is 5.91 Å². The number of likely N-dealkylation sites (tertiary alicyclic amines) is 1. The molecule has 0 saturated carbocycles. The summed E-state index contributed by atoms with van der Waals surface area (Å²) in [5.41, 5.74) is -1.19. The average Bonchev–Trinajstić information content (AvgIpc) is 2.83. The molecule has 0 spiro atoms. The molecule has 1 aliphatic heterocycles. The van der Waals surface area contributed by atoms with Crippen LogP contribution in [0.25, 0.3) is 0 Å². The Morgan fingerprint density at radius 1 is 1.52 bits per heavy atom. The van der Waals surface area contributed by atoms with E-state index in [1.54, 1.807) is 0 Å². The number of nitrogens with zero attached hydrogens (tertiary/aromatic N) is 1. The zero-order chi connectivity index (χ0) is 15.6. The van der Waals surface area contributed by atoms with Gasteiger partial charge in [-0.2, -0.15) is 0 Å². The third-order valence-corrected chi connectivity index (χ3v) is 3.95. The van der Waals surface area contributed by atoms with E-state index in [1.807, 2.05) is 0 Å². The molecule has 21 heavy (non-hydrogen) atoms. The molecule has 1 unspecified atom stereocenters. The van der Waals surface area contributed by atoms with Crippen LogP contribution in [0, 0.1) is 5.82 Å². The van der Waals surface area contributed by atoms with E-state index in [-0.39, 0.29) is 17.4 Å². The number of carbonyl (C=O) groups is 2. The van der Waals surface area contributed by atoms with Gasteiger partial charge in [0.05, 0.1) is 5.02 Å². The maximum Gasteiger partial charge on any atom is 0.329 e. The molecule has 0 aliphatic carbocycles. The Balaban J connectivity index is 2.01. The van der Waals surface area contributed by atoms with E-state index in [4.69, 9.17) is 16.3 Å². The molecule has 1 aromatic rings. The molecule has 1 aromatic carbocycles. The summed E-state index contributed by atoms with van der Waals surface area (Å²) in [5, 5.41) is 9.15. The molecule has 1 atom stereocenters. The number of aliphatic carboxylic acids is 1. The lowest BCUT2D eigenvalue weighted by Crippen LogP contribution is -2.52. The predicted octanol–water partition coefficient (Wildman–Crippen LogP) is 2.32. The second kappa shape index (κ2) is 5.89. The van der Waals surface area contributed by atoms with Crippen molar-refractivity contribution >= 4 is 23.5 Å². The van der Waals surface area contributed by atoms with E-state index in [1.165, 1.54) is 24.0 Å². The Morgan fingerprint density at radius 3 is 2.86 bits per heavy atom. The van der Waals surface area contributed by atoms with Crippen molar-refractivity contribution in [1.82, 2.24) is 4.90 Å². The highest BCUT2D eigenvalue weighted by Gasteiger charge is 2.45. The van der Waals surface area contributed by atoms with Gasteiger partial charge < -0.3 is 14.7 Å². The minimum Gasteiger partial charge on any atom is -0.484 e. The number of hydrogen-bond acceptors (Lipinski definition) is 3. The van der Waals surface area contributed by atoms with E-state index in [0.717, 1.165) is 6.07 Å². The van der Waals surface area contributed by atoms with Crippen LogP contribution in [-0.4, -0.2) is 40.6 Å². The van der Waals surface area contributed by atoms with Gasteiger partial charge >= 0.3 is 5.97 Å². The Kier molecular flexibility index (Phi) is 4.37. The fourth-order valence-corrected chi connectivity index (χ4v) is 2.55. The monoisotopic (exact) mass is 315 g/mol. The summed E-state index contributed by atoms with van der Waals surface area (Å²) in [6.07, 6.45) is 1.05. The van der Waals surface area contributed by atoms with Crippen molar-refractivity contribution in [2.75, 3.05) is 13.2 Å². The van der Waals surface area contributed by atoms with Crippen LogP contribution < -0.4 is 4.74 Å². The Bertz CT molecular complexity index is 580. The minimum absolute atomic E-state index is 0.100. The molecular formula is C14H15ClFNO4. The van der Waals surface area contributed by atoms with E-state index >= 15 is 0 Å². The largest absolute Gasteiger partial charge is 0.484 e. The van der Waals surface area contributed by atoms with Gasteiger partial charge in [0, 0.05) is 12.6 Å². The molecule has 114 valence electrons. The van der Waals surface area contributed by atoms with Crippen LogP contribution in [0.1, 0.15) is 19.8 Å². The van der Waals surface area contributed by atoms with Gasteiger partial charge in [-0.15, -0.1) is 0 Å². The zero-order valence-electron chi connectivity index (χ0n) is 11.4. The van der Waals surface area contributed by atoms with Crippen LogP contribution in [0.15, 0.2) is 18.2 Å². The van der Waals surface area contributed by atoms with Crippen LogP contribution >= 0.6 is 11.6 Å². The molecule has 0 radical (unpaired) electrons. The van der Waals surface area contributed by atoms with Crippen LogP contribution in [0.3, 0.4) is 0 Å². The molecule has 1 aliphatic rings. The van der Waals surface area contributed by atoms with Crippen LogP contribution in [0.2, 0.25) is 5.02 Å². The van der Waals surface area contributed by atoms with Gasteiger partial charge in [-0.05, 0) is 31.9 Å². The van der Waals surface area contributed by atoms with Gasteiger partial charge in [0.15, 0.2) is 6.61 Å². The summed E-state index contributed by atoms with van der Waals surface area (Å²) in [6.45, 7) is 1.59. The van der Waals surface area contributed by atoms with Crippen molar-refractivity contribution in [2.24, 2.45) is 0 Å². The number of carboxylic acid groups (broad SMARTS) is 1. The maximum absolute atomic E-state index is 13.0. The molecular weight excluding hydrogens is 301 g/mol. The number of benzene rings is 1. The summed E-state index contributed by atoms with van der Waals surface area (Å²) in [4.78, 5) is 24.7. The van der Waals surface area contributed by atoms with E-state index < -0.39 is 23.2 Å². The molecule has 7 heteroatoms. The van der Waals surface area contributed by atoms with Crippen LogP contribution in [0.4, 0.5) is 4.39 Å². The van der Waals surface area contributed by atoms with Crippen LogP contribution in [-0.2, 0) is 9.59 Å². The molecule has 0 aromatic heterocycles. The quantitative estimate of drug-likeness (QED) is 0.926. The molecule has 2 rings (SSSR count). The van der Waals surface area contributed by atoms with Gasteiger partial charge in [-0.25, -0.2) is 9.18 Å². The van der Waals surface area contributed by atoms with Crippen molar-refractivity contribution in [2.45, 2.75) is 25.3 Å². The van der Waals surface area contributed by atoms with Crippen LogP contribution in [0.5, 0.6) is 5.75 Å². The molecule has 1 amide bonds. The molecule has 0 bridgehead atoms. The second-order valence-corrected chi connectivity index (χ2v) is 5.50. The fraction of sp³-hybridized carbons (Fsp3) is 0.429. The second-order valence-electron chi connectivity index (χ2n) is 5.09. The Hall–Kier alpha value is -1.82. The minimum atomic E-state index is -1.19. The summed E-state index contributed by atoms with van der Waals surface area (Å²) in [5.74, 6) is -1.77. The Labute approximate surface area is 126 Å². The first-order chi connectivity index (χ1) is 9.84. The number of carbonyl (C=O) groups excluding carboxylic acids is 1. The SMILES string of the molecule is CC1(C(=O)O)CCCN1C(=O)COc1ccc(F)c(Cl)c1. The number of hydrogen-bond donors (Lipinski definition) is 1. The maximum atomic E-state index is 13.0. The lowest BCUT2D eigenvalue weighted by molar-refractivity contribution is -0.156. The van der Waals surface area contributed by atoms with Gasteiger partial charge in [-0.3, -0.25) is 4.79 Å². The lowest BCUT2D eigenvalue weighted by Gasteiger charge is -2.31. The third-order valence-electron chi connectivity index (χ3n) is 3.66. The lowest BCUT2D eigenvalue weighted by atomic mass is 9.99. The van der Waals surface area contributed by atoms with Crippen molar-refractivity contribution in [3.8, 4) is 5.75 Å². The summed E-state index contributed by atoms with van der Waals surface area (Å²) >= 11 is 5.62. The van der Waals surface area contributed by atoms with Crippen molar-refractivity contribution < 1.29 is 23.8 Å². The molecule has 1 saturated heterocycles. The van der Waals surface area contributed by atoms with E-state index in [0.29, 0.717) is 19.4 Å². The molecule has 1 heterocycles. The highest BCUT2D eigenvalue weighted by molar-refractivity contribution is 6.30. The summed E-state index contributed by atoms with van der Waals surface area (Å²) in [7, 11) is 0. The van der Waals surface area contributed by atoms with E-state index in [9.17, 15) is 19.1 Å². The molecule has 1 fully saturated rings. The summed E-state index contributed by atoms with van der Waals surface area (Å²) < 4.78 is 18.3. The average molecular weight is 316 g/mol. The van der Waals surface area contributed by atoms with Gasteiger partial charge in [0.1, 0.15) is 17.1 Å². The van der Waals surface area contributed by atoms with Gasteiger partial charge in [-0.1, -0.05) is 11.6 Å². The topological polar surface area (TPSA) is 66.8 Å². The van der Waals surface area contributed by atoms with Crippen molar-refractivity contribution in [3.05, 3.63) is 29.0 Å². The van der Waals surface area contributed by atoms with Crippen molar-refractivity contribution in [1.29, 1.82) is 0 Å². The zero-order valence-corrected chi connectivity index (χ0v) is 12.2. The Morgan fingerprint density at radius 2 is 2.24 bits per heavy atom. The molecule has 1 N–H and O–H groups in total. The third kappa shape index (κ3) is 3.10.